The van der Waals surface area contributed by atoms with Crippen LogP contribution in [0.1, 0.15) is 11.1 Å². The standard InChI is InChI=1S/C21H24N2O3S/c1-14-3-2-4-15(11-14)12-23-13-21-6-5-16(26-21)17(18(21)20(23)25)19(24)22-7-9-27-10-8-22/h2-6,11,16-18H,7-10,12-13H2,1H3/t16-,17+,18-,21-/m0/s1. The summed E-state index contributed by atoms with van der Waals surface area (Å²) in [6.07, 6.45) is 3.79. The van der Waals surface area contributed by atoms with Crippen molar-refractivity contribution in [3.63, 3.8) is 0 Å². The summed E-state index contributed by atoms with van der Waals surface area (Å²) in [6.45, 7) is 4.72. The molecular formula is C21H24N2O3S. The molecule has 0 saturated carbocycles. The Bertz CT molecular complexity index is 819. The topological polar surface area (TPSA) is 49.9 Å². The molecule has 5 nitrogen and oxygen atoms in total. The number of fused-ring (bicyclic) bond motifs is 1. The van der Waals surface area contributed by atoms with Crippen molar-refractivity contribution in [3.8, 4) is 0 Å². The molecule has 4 aliphatic rings. The lowest BCUT2D eigenvalue weighted by Gasteiger charge is -2.32. The fraction of sp³-hybridized carbons (Fsp3) is 0.524. The fourth-order valence-corrected chi connectivity index (χ4v) is 5.92. The quantitative estimate of drug-likeness (QED) is 0.747. The van der Waals surface area contributed by atoms with Crippen molar-refractivity contribution >= 4 is 23.6 Å². The van der Waals surface area contributed by atoms with Crippen LogP contribution in [-0.4, -0.2) is 64.5 Å². The summed E-state index contributed by atoms with van der Waals surface area (Å²) in [5.41, 5.74) is 1.69. The van der Waals surface area contributed by atoms with Crippen LogP contribution in [-0.2, 0) is 20.9 Å². The van der Waals surface area contributed by atoms with Crippen molar-refractivity contribution in [1.29, 1.82) is 0 Å². The van der Waals surface area contributed by atoms with Crippen molar-refractivity contribution < 1.29 is 14.3 Å². The van der Waals surface area contributed by atoms with Crippen molar-refractivity contribution in [2.75, 3.05) is 31.1 Å². The summed E-state index contributed by atoms with van der Waals surface area (Å²) in [7, 11) is 0. The van der Waals surface area contributed by atoms with E-state index in [9.17, 15) is 9.59 Å². The van der Waals surface area contributed by atoms with Gasteiger partial charge in [0.05, 0.1) is 24.5 Å². The largest absolute Gasteiger partial charge is 0.360 e. The SMILES string of the molecule is Cc1cccc(CN2C[C@]34C=C[C@H](O3)[C@@H](C(=O)N3CCSCC3)[C@H]4C2=O)c1. The van der Waals surface area contributed by atoms with Gasteiger partial charge in [0, 0.05) is 31.1 Å². The predicted molar refractivity (Wildman–Crippen MR) is 104 cm³/mol. The van der Waals surface area contributed by atoms with Gasteiger partial charge >= 0.3 is 0 Å². The normalized spacial score (nSPS) is 34.4. The third-order valence-electron chi connectivity index (χ3n) is 6.24. The van der Waals surface area contributed by atoms with E-state index in [0.29, 0.717) is 13.1 Å². The van der Waals surface area contributed by atoms with E-state index in [-0.39, 0.29) is 29.8 Å². The molecule has 2 amide bonds. The second-order valence-corrected chi connectivity index (χ2v) is 9.25. The van der Waals surface area contributed by atoms with Gasteiger partial charge in [-0.15, -0.1) is 0 Å². The number of carbonyl (C=O) groups is 2. The number of ether oxygens (including phenoxy) is 1. The number of rotatable bonds is 3. The minimum absolute atomic E-state index is 0.0630. The van der Waals surface area contributed by atoms with Crippen LogP contribution in [0.25, 0.3) is 0 Å². The van der Waals surface area contributed by atoms with Gasteiger partial charge in [0.25, 0.3) is 0 Å². The highest BCUT2D eigenvalue weighted by Gasteiger charge is 2.67. The molecule has 3 fully saturated rings. The zero-order valence-corrected chi connectivity index (χ0v) is 16.3. The molecular weight excluding hydrogens is 360 g/mol. The smallest absolute Gasteiger partial charge is 0.230 e. The van der Waals surface area contributed by atoms with Crippen molar-refractivity contribution in [1.82, 2.24) is 9.80 Å². The summed E-state index contributed by atoms with van der Waals surface area (Å²) in [5, 5.41) is 0. The summed E-state index contributed by atoms with van der Waals surface area (Å²) in [6, 6.07) is 8.24. The maximum Gasteiger partial charge on any atom is 0.230 e. The van der Waals surface area contributed by atoms with Crippen LogP contribution in [0.5, 0.6) is 0 Å². The lowest BCUT2D eigenvalue weighted by atomic mass is 9.76. The number of nitrogens with zero attached hydrogens (tertiary/aromatic N) is 2. The van der Waals surface area contributed by atoms with Gasteiger partial charge in [0.1, 0.15) is 5.60 Å². The molecule has 1 aromatic carbocycles. The Hall–Kier alpha value is -1.79. The fourth-order valence-electron chi connectivity index (χ4n) is 5.02. The van der Waals surface area contributed by atoms with Gasteiger partial charge in [-0.25, -0.2) is 0 Å². The first-order valence-corrected chi connectivity index (χ1v) is 10.8. The van der Waals surface area contributed by atoms with Crippen LogP contribution in [0, 0.1) is 18.8 Å². The van der Waals surface area contributed by atoms with Crippen LogP contribution in [0.3, 0.4) is 0 Å². The minimum Gasteiger partial charge on any atom is -0.360 e. The van der Waals surface area contributed by atoms with Gasteiger partial charge in [-0.3, -0.25) is 9.59 Å². The van der Waals surface area contributed by atoms with Crippen LogP contribution in [0.15, 0.2) is 36.4 Å². The van der Waals surface area contributed by atoms with Crippen molar-refractivity contribution in [3.05, 3.63) is 47.5 Å². The number of benzene rings is 1. The first kappa shape index (κ1) is 17.3. The highest BCUT2D eigenvalue weighted by Crippen LogP contribution is 2.52. The van der Waals surface area contributed by atoms with Crippen LogP contribution >= 0.6 is 11.8 Å². The molecule has 0 N–H and O–H groups in total. The Balaban J connectivity index is 1.39. The molecule has 0 radical (unpaired) electrons. The van der Waals surface area contributed by atoms with E-state index in [1.54, 1.807) is 0 Å². The van der Waals surface area contributed by atoms with Crippen LogP contribution < -0.4 is 0 Å². The van der Waals surface area contributed by atoms with Gasteiger partial charge in [-0.1, -0.05) is 42.0 Å². The maximum absolute atomic E-state index is 13.3. The third-order valence-corrected chi connectivity index (χ3v) is 7.19. The molecule has 142 valence electrons. The number of amides is 2. The first-order valence-electron chi connectivity index (χ1n) is 9.65. The van der Waals surface area contributed by atoms with E-state index in [0.717, 1.165) is 30.2 Å². The van der Waals surface area contributed by atoms with Crippen LogP contribution in [0.2, 0.25) is 0 Å². The monoisotopic (exact) mass is 384 g/mol. The van der Waals surface area contributed by atoms with Gasteiger partial charge < -0.3 is 14.5 Å². The van der Waals surface area contributed by atoms with E-state index < -0.39 is 5.60 Å². The second-order valence-electron chi connectivity index (χ2n) is 8.02. The van der Waals surface area contributed by atoms with Gasteiger partial charge in [0.2, 0.25) is 11.8 Å². The first-order chi connectivity index (χ1) is 13.1. The lowest BCUT2D eigenvalue weighted by molar-refractivity contribution is -0.143. The Morgan fingerprint density at radius 2 is 2.15 bits per heavy atom. The molecule has 2 bridgehead atoms. The Labute approximate surface area is 163 Å². The molecule has 0 aliphatic carbocycles. The summed E-state index contributed by atoms with van der Waals surface area (Å²) < 4.78 is 6.24. The van der Waals surface area contributed by atoms with Gasteiger partial charge in [0.15, 0.2) is 0 Å². The second kappa shape index (κ2) is 6.38. The summed E-state index contributed by atoms with van der Waals surface area (Å²) in [4.78, 5) is 30.3. The molecule has 1 aromatic rings. The van der Waals surface area contributed by atoms with E-state index in [4.69, 9.17) is 4.74 Å². The van der Waals surface area contributed by atoms with Crippen molar-refractivity contribution in [2.24, 2.45) is 11.8 Å². The zero-order chi connectivity index (χ0) is 18.6. The van der Waals surface area contributed by atoms with Crippen LogP contribution in [0.4, 0.5) is 0 Å². The maximum atomic E-state index is 13.3. The highest BCUT2D eigenvalue weighted by molar-refractivity contribution is 7.99. The molecule has 4 aliphatic heterocycles. The molecule has 5 rings (SSSR count). The number of aryl methyl sites for hydroxylation is 1. The van der Waals surface area contributed by atoms with Gasteiger partial charge in [-0.05, 0) is 12.5 Å². The third kappa shape index (κ3) is 2.72. The predicted octanol–water partition coefficient (Wildman–Crippen LogP) is 1.85. The highest BCUT2D eigenvalue weighted by atomic mass is 32.2. The van der Waals surface area contributed by atoms with E-state index in [1.165, 1.54) is 5.56 Å². The molecule has 0 unspecified atom stereocenters. The lowest BCUT2D eigenvalue weighted by Crippen LogP contribution is -2.48. The average molecular weight is 385 g/mol. The number of likely N-dealkylation sites (tertiary alicyclic amines) is 1. The Morgan fingerprint density at radius 1 is 1.33 bits per heavy atom. The molecule has 6 heteroatoms. The molecule has 0 aromatic heterocycles. The van der Waals surface area contributed by atoms with Gasteiger partial charge in [-0.2, -0.15) is 11.8 Å². The van der Waals surface area contributed by atoms with E-state index >= 15 is 0 Å². The van der Waals surface area contributed by atoms with E-state index in [1.807, 2.05) is 45.8 Å². The number of thioether (sulfide) groups is 1. The summed E-state index contributed by atoms with van der Waals surface area (Å²) in [5.74, 6) is 1.37. The average Bonchev–Trinajstić information content (AvgIpc) is 3.30. The minimum atomic E-state index is -0.615. The summed E-state index contributed by atoms with van der Waals surface area (Å²) >= 11 is 1.88. The molecule has 4 heterocycles. The van der Waals surface area contributed by atoms with E-state index in [2.05, 4.69) is 19.1 Å². The molecule has 27 heavy (non-hydrogen) atoms. The molecule has 1 spiro atoms. The Kier molecular flexibility index (Phi) is 4.09. The molecule has 3 saturated heterocycles. The zero-order valence-electron chi connectivity index (χ0n) is 15.5. The molecule has 4 atom stereocenters. The Morgan fingerprint density at radius 3 is 2.93 bits per heavy atom. The number of carbonyl (C=O) groups excluding carboxylic acids is 2. The van der Waals surface area contributed by atoms with Crippen molar-refractivity contribution in [2.45, 2.75) is 25.2 Å². The number of hydrogen-bond acceptors (Lipinski definition) is 4. The number of hydrogen-bond donors (Lipinski definition) is 0.